The zero-order chi connectivity index (χ0) is 29.8. The Hall–Kier alpha value is -2.62. The smallest absolute Gasteiger partial charge is 0.256 e. The zero-order valence-electron chi connectivity index (χ0n) is 25.9. The van der Waals surface area contributed by atoms with Crippen LogP contribution in [0.5, 0.6) is 0 Å². The number of sulfonamides is 1. The molecule has 0 atom stereocenters. The van der Waals surface area contributed by atoms with E-state index in [9.17, 15) is 13.2 Å². The Balaban J connectivity index is 1.38. The fraction of sp³-hybridized carbons (Fsp3) is 0.618. The van der Waals surface area contributed by atoms with Crippen molar-refractivity contribution < 1.29 is 13.2 Å². The van der Waals surface area contributed by atoms with Gasteiger partial charge in [0.1, 0.15) is 4.90 Å². The zero-order valence-corrected chi connectivity index (χ0v) is 26.7. The van der Waals surface area contributed by atoms with Gasteiger partial charge in [0.2, 0.25) is 10.0 Å². The van der Waals surface area contributed by atoms with E-state index in [1.807, 2.05) is 4.90 Å². The second-order valence-corrected chi connectivity index (χ2v) is 15.0. The molecule has 0 spiro atoms. The first-order valence-corrected chi connectivity index (χ1v) is 18.0. The van der Waals surface area contributed by atoms with Crippen LogP contribution >= 0.6 is 0 Å². The number of carbonyl (C=O) groups excluding carboxylic acids is 1. The van der Waals surface area contributed by atoms with Crippen molar-refractivity contribution in [3.63, 3.8) is 0 Å². The lowest BCUT2D eigenvalue weighted by Gasteiger charge is -2.39. The molecular weight excluding hydrogens is 558 g/mol. The SMILES string of the molecule is CN1CCN(c2cc(N3CCC(Cc4ccccc4)CC3)c(S(=O)(=O)N3CCCCC3)cc2C(=O)N2CCCCC2)CC1. The maximum atomic E-state index is 14.4. The molecule has 2 aromatic rings. The molecule has 4 heterocycles. The van der Waals surface area contributed by atoms with Gasteiger partial charge < -0.3 is 19.6 Å². The third kappa shape index (κ3) is 6.89. The molecule has 0 bridgehead atoms. The van der Waals surface area contributed by atoms with Gasteiger partial charge in [-0.2, -0.15) is 4.31 Å². The van der Waals surface area contributed by atoms with Gasteiger partial charge >= 0.3 is 0 Å². The molecule has 234 valence electrons. The van der Waals surface area contributed by atoms with Crippen LogP contribution in [0.3, 0.4) is 0 Å². The van der Waals surface area contributed by atoms with E-state index in [2.05, 4.69) is 58.1 Å². The topological polar surface area (TPSA) is 67.4 Å². The van der Waals surface area contributed by atoms with E-state index in [1.54, 1.807) is 10.4 Å². The number of amides is 1. The van der Waals surface area contributed by atoms with E-state index < -0.39 is 10.0 Å². The standard InChI is InChI=1S/C34H49N5O3S/c1-35-21-23-37(24-22-35)31-27-32(36-19-13-29(14-20-36)25-28-11-5-2-6-12-28)33(43(41,42)39-17-9-4-10-18-39)26-30(31)34(40)38-15-7-3-8-16-38/h2,5-6,11-12,26-27,29H,3-4,7-10,13-25H2,1H3. The average Bonchev–Trinajstić information content (AvgIpc) is 3.06. The number of nitrogens with zero attached hydrogens (tertiary/aromatic N) is 5. The molecule has 0 N–H and O–H groups in total. The Morgan fingerprint density at radius 3 is 1.98 bits per heavy atom. The van der Waals surface area contributed by atoms with Crippen LogP contribution in [0.1, 0.15) is 67.3 Å². The van der Waals surface area contributed by atoms with Crippen LogP contribution in [-0.2, 0) is 16.4 Å². The highest BCUT2D eigenvalue weighted by Gasteiger charge is 2.35. The van der Waals surface area contributed by atoms with Gasteiger partial charge in [0.15, 0.2) is 0 Å². The summed E-state index contributed by atoms with van der Waals surface area (Å²) >= 11 is 0. The van der Waals surface area contributed by atoms with Gasteiger partial charge in [-0.1, -0.05) is 36.8 Å². The number of hydrogen-bond donors (Lipinski definition) is 0. The summed E-state index contributed by atoms with van der Waals surface area (Å²) < 4.78 is 30.5. The van der Waals surface area contributed by atoms with Crippen molar-refractivity contribution in [1.82, 2.24) is 14.1 Å². The third-order valence-corrected chi connectivity index (χ3v) is 12.0. The average molecular weight is 608 g/mol. The van der Waals surface area contributed by atoms with Gasteiger partial charge in [0, 0.05) is 65.4 Å². The normalized spacial score (nSPS) is 21.7. The summed E-state index contributed by atoms with van der Waals surface area (Å²) in [6, 6.07) is 14.5. The van der Waals surface area contributed by atoms with E-state index in [1.165, 1.54) is 5.56 Å². The molecule has 9 heteroatoms. The largest absolute Gasteiger partial charge is 0.370 e. The minimum atomic E-state index is -3.75. The van der Waals surface area contributed by atoms with Gasteiger partial charge in [-0.25, -0.2) is 8.42 Å². The number of anilines is 2. The molecular formula is C34H49N5O3S. The fourth-order valence-electron chi connectivity index (χ4n) is 7.33. The lowest BCUT2D eigenvalue weighted by molar-refractivity contribution is 0.0724. The van der Waals surface area contributed by atoms with Crippen LogP contribution in [0.15, 0.2) is 47.4 Å². The van der Waals surface area contributed by atoms with Gasteiger partial charge in [-0.3, -0.25) is 4.79 Å². The highest BCUT2D eigenvalue weighted by molar-refractivity contribution is 7.89. The number of piperazine rings is 1. The fourth-order valence-corrected chi connectivity index (χ4v) is 9.06. The van der Waals surface area contributed by atoms with Crippen LogP contribution in [0.2, 0.25) is 0 Å². The summed E-state index contributed by atoms with van der Waals surface area (Å²) in [5, 5.41) is 0. The molecule has 8 nitrogen and oxygen atoms in total. The number of rotatable bonds is 7. The maximum Gasteiger partial charge on any atom is 0.256 e. The second kappa shape index (κ2) is 13.6. The highest BCUT2D eigenvalue weighted by atomic mass is 32.2. The number of benzene rings is 2. The molecule has 0 unspecified atom stereocenters. The molecule has 6 rings (SSSR count). The van der Waals surface area contributed by atoms with Crippen molar-refractivity contribution in [2.75, 3.05) is 82.3 Å². The third-order valence-electron chi connectivity index (χ3n) is 10.1. The highest BCUT2D eigenvalue weighted by Crippen LogP contribution is 2.39. The molecule has 4 aliphatic rings. The minimum absolute atomic E-state index is 0.0168. The van der Waals surface area contributed by atoms with E-state index >= 15 is 0 Å². The summed E-state index contributed by atoms with van der Waals surface area (Å²) in [5.41, 5.74) is 3.62. The second-order valence-electron chi connectivity index (χ2n) is 13.1. The van der Waals surface area contributed by atoms with E-state index in [4.69, 9.17) is 0 Å². The summed E-state index contributed by atoms with van der Waals surface area (Å²) in [7, 11) is -1.62. The summed E-state index contributed by atoms with van der Waals surface area (Å²) in [4.78, 5) is 23.4. The maximum absolute atomic E-state index is 14.4. The number of piperidine rings is 3. The predicted octanol–water partition coefficient (Wildman–Crippen LogP) is 4.70. The van der Waals surface area contributed by atoms with Gasteiger partial charge in [0.05, 0.1) is 16.9 Å². The monoisotopic (exact) mass is 607 g/mol. The Morgan fingerprint density at radius 2 is 1.33 bits per heavy atom. The molecule has 43 heavy (non-hydrogen) atoms. The molecule has 0 aromatic heterocycles. The van der Waals surface area contributed by atoms with Crippen LogP contribution in [-0.4, -0.2) is 101 Å². The molecule has 4 aliphatic heterocycles. The number of carbonyl (C=O) groups is 1. The van der Waals surface area contributed by atoms with Crippen LogP contribution in [0, 0.1) is 5.92 Å². The van der Waals surface area contributed by atoms with Crippen molar-refractivity contribution >= 4 is 27.3 Å². The Bertz CT molecular complexity index is 1340. The predicted molar refractivity (Wildman–Crippen MR) is 174 cm³/mol. The lowest BCUT2D eigenvalue weighted by atomic mass is 9.90. The van der Waals surface area contributed by atoms with E-state index in [0.29, 0.717) is 29.5 Å². The quantitative estimate of drug-likeness (QED) is 0.455. The van der Waals surface area contributed by atoms with Crippen molar-refractivity contribution in [3.05, 3.63) is 53.6 Å². The van der Waals surface area contributed by atoms with Gasteiger partial charge in [0.25, 0.3) is 5.91 Å². The molecule has 0 aliphatic carbocycles. The van der Waals surface area contributed by atoms with Gasteiger partial charge in [-0.05, 0) is 82.0 Å². The van der Waals surface area contributed by atoms with Crippen LogP contribution < -0.4 is 9.80 Å². The number of likely N-dealkylation sites (N-methyl/N-ethyl adjacent to an activating group) is 1. The summed E-state index contributed by atoms with van der Waals surface area (Å²) in [6.07, 6.45) is 9.10. The molecule has 1 amide bonds. The Morgan fingerprint density at radius 1 is 0.721 bits per heavy atom. The number of likely N-dealkylation sites (tertiary alicyclic amines) is 1. The van der Waals surface area contributed by atoms with Crippen LogP contribution in [0.4, 0.5) is 11.4 Å². The molecule has 4 saturated heterocycles. The Kier molecular flexibility index (Phi) is 9.60. The van der Waals surface area contributed by atoms with Crippen LogP contribution in [0.25, 0.3) is 0 Å². The van der Waals surface area contributed by atoms with E-state index in [-0.39, 0.29) is 5.91 Å². The van der Waals surface area contributed by atoms with Crippen molar-refractivity contribution in [2.24, 2.45) is 5.92 Å². The summed E-state index contributed by atoms with van der Waals surface area (Å²) in [5.74, 6) is 0.565. The minimum Gasteiger partial charge on any atom is -0.370 e. The first kappa shape index (κ1) is 30.4. The van der Waals surface area contributed by atoms with Gasteiger partial charge in [-0.15, -0.1) is 0 Å². The Labute approximate surface area is 258 Å². The van der Waals surface area contributed by atoms with E-state index in [0.717, 1.165) is 122 Å². The van der Waals surface area contributed by atoms with Crippen molar-refractivity contribution in [2.45, 2.75) is 62.7 Å². The number of hydrogen-bond acceptors (Lipinski definition) is 6. The first-order valence-electron chi connectivity index (χ1n) is 16.6. The molecule has 2 aromatic carbocycles. The first-order chi connectivity index (χ1) is 20.9. The van der Waals surface area contributed by atoms with Crippen molar-refractivity contribution in [3.8, 4) is 0 Å². The molecule has 4 fully saturated rings. The summed E-state index contributed by atoms with van der Waals surface area (Å²) in [6.45, 7) is 7.73. The van der Waals surface area contributed by atoms with Crippen molar-refractivity contribution in [1.29, 1.82) is 0 Å². The molecule has 0 radical (unpaired) electrons. The lowest BCUT2D eigenvalue weighted by Crippen LogP contribution is -2.46. The molecule has 0 saturated carbocycles.